The average Bonchev–Trinajstić information content (AvgIpc) is 2.86. The van der Waals surface area contributed by atoms with Gasteiger partial charge in [-0.3, -0.25) is 24.7 Å². The zero-order valence-corrected chi connectivity index (χ0v) is 13.1. The van der Waals surface area contributed by atoms with Crippen LogP contribution >= 0.6 is 0 Å². The zero-order chi connectivity index (χ0) is 19.2. The number of halogens is 3. The molecule has 1 aliphatic heterocycles. The van der Waals surface area contributed by atoms with E-state index >= 15 is 0 Å². The van der Waals surface area contributed by atoms with Gasteiger partial charge in [0.2, 0.25) is 5.91 Å². The number of carboxylic acids is 1. The first-order valence-corrected chi connectivity index (χ1v) is 7.40. The van der Waals surface area contributed by atoms with Crippen LogP contribution in [0.15, 0.2) is 12.2 Å². The number of carbonyl (C=O) groups is 4. The lowest BCUT2D eigenvalue weighted by atomic mass is 9.81. The molecule has 1 aliphatic carbocycles. The molecule has 1 heterocycles. The number of hydrogen-bond acceptors (Lipinski definition) is 5. The third-order valence-electron chi connectivity index (χ3n) is 3.94. The van der Waals surface area contributed by atoms with Crippen LogP contribution in [0.4, 0.5) is 13.2 Å². The molecular weight excluding hydrogens is 347 g/mol. The number of imide groups is 1. The quantitative estimate of drug-likeness (QED) is 0.286. The van der Waals surface area contributed by atoms with Gasteiger partial charge in [-0.05, 0) is 31.6 Å². The molecule has 8 nitrogen and oxygen atoms in total. The number of nitrogens with two attached hydrogens (primary N) is 1. The SMILES string of the molecule is NNC(=O)C1CCC(CN2C(=O)C=CC2=O)CC1.O=C(O)C(F)(F)F. The highest BCUT2D eigenvalue weighted by Gasteiger charge is 2.38. The van der Waals surface area contributed by atoms with E-state index in [0.717, 1.165) is 25.7 Å². The highest BCUT2D eigenvalue weighted by Crippen LogP contribution is 2.29. The first-order chi connectivity index (χ1) is 11.6. The molecule has 0 aromatic carbocycles. The van der Waals surface area contributed by atoms with E-state index in [1.165, 1.54) is 17.1 Å². The van der Waals surface area contributed by atoms with Crippen LogP contribution in [0.1, 0.15) is 25.7 Å². The number of rotatable bonds is 3. The third kappa shape index (κ3) is 6.18. The van der Waals surface area contributed by atoms with E-state index < -0.39 is 12.1 Å². The van der Waals surface area contributed by atoms with Gasteiger partial charge in [0.25, 0.3) is 11.8 Å². The molecule has 1 fully saturated rings. The normalized spacial score (nSPS) is 23.1. The van der Waals surface area contributed by atoms with E-state index in [4.69, 9.17) is 15.7 Å². The summed E-state index contributed by atoms with van der Waals surface area (Å²) < 4.78 is 31.7. The Bertz CT molecular complexity index is 551. The summed E-state index contributed by atoms with van der Waals surface area (Å²) in [5.41, 5.74) is 2.17. The van der Waals surface area contributed by atoms with E-state index in [2.05, 4.69) is 5.43 Å². The molecule has 0 radical (unpaired) electrons. The summed E-state index contributed by atoms with van der Waals surface area (Å²) in [6, 6.07) is 0. The van der Waals surface area contributed by atoms with Crippen molar-refractivity contribution in [2.24, 2.45) is 17.7 Å². The number of hydrogen-bond donors (Lipinski definition) is 3. The van der Waals surface area contributed by atoms with Crippen molar-refractivity contribution in [2.75, 3.05) is 6.54 Å². The van der Waals surface area contributed by atoms with Crippen molar-refractivity contribution in [1.29, 1.82) is 0 Å². The minimum Gasteiger partial charge on any atom is -0.475 e. The average molecular weight is 365 g/mol. The number of aliphatic carboxylic acids is 1. The summed E-state index contributed by atoms with van der Waals surface area (Å²) in [4.78, 5) is 44.4. The molecule has 11 heteroatoms. The van der Waals surface area contributed by atoms with Crippen LogP contribution in [0.3, 0.4) is 0 Å². The lowest BCUT2D eigenvalue weighted by Crippen LogP contribution is -2.40. The molecule has 3 amide bonds. The predicted octanol–water partition coefficient (Wildman–Crippen LogP) is 0.341. The largest absolute Gasteiger partial charge is 0.490 e. The second kappa shape index (κ2) is 8.60. The summed E-state index contributed by atoms with van der Waals surface area (Å²) in [7, 11) is 0. The van der Waals surface area contributed by atoms with Crippen LogP contribution in [0.5, 0.6) is 0 Å². The number of amides is 3. The van der Waals surface area contributed by atoms with Crippen LogP contribution in [0, 0.1) is 11.8 Å². The van der Waals surface area contributed by atoms with Gasteiger partial charge in [0.1, 0.15) is 0 Å². The number of hydrazine groups is 1. The molecule has 0 aromatic rings. The molecule has 0 saturated heterocycles. The topological polar surface area (TPSA) is 130 Å². The van der Waals surface area contributed by atoms with Crippen molar-refractivity contribution in [1.82, 2.24) is 10.3 Å². The molecule has 4 N–H and O–H groups in total. The highest BCUT2D eigenvalue weighted by molar-refractivity contribution is 6.12. The Hall–Kier alpha value is -2.43. The van der Waals surface area contributed by atoms with Gasteiger partial charge in [-0.1, -0.05) is 0 Å². The first kappa shape index (κ1) is 20.6. The molecule has 1 saturated carbocycles. The summed E-state index contributed by atoms with van der Waals surface area (Å²) >= 11 is 0. The minimum absolute atomic E-state index is 0.0330. The van der Waals surface area contributed by atoms with Gasteiger partial charge < -0.3 is 5.11 Å². The van der Waals surface area contributed by atoms with Crippen molar-refractivity contribution in [2.45, 2.75) is 31.9 Å². The Balaban J connectivity index is 0.000000381. The number of nitrogens with zero attached hydrogens (tertiary/aromatic N) is 1. The Morgan fingerprint density at radius 3 is 1.96 bits per heavy atom. The van der Waals surface area contributed by atoms with Gasteiger partial charge in [0.15, 0.2) is 0 Å². The monoisotopic (exact) mass is 365 g/mol. The van der Waals surface area contributed by atoms with E-state index in [1.54, 1.807) is 0 Å². The third-order valence-corrected chi connectivity index (χ3v) is 3.94. The molecule has 0 bridgehead atoms. The summed E-state index contributed by atoms with van der Waals surface area (Å²) in [6.07, 6.45) is 0.727. The molecule has 0 spiro atoms. The van der Waals surface area contributed by atoms with Crippen molar-refractivity contribution in [3.8, 4) is 0 Å². The van der Waals surface area contributed by atoms with Gasteiger partial charge >= 0.3 is 12.1 Å². The number of alkyl halides is 3. The second-order valence-corrected chi connectivity index (χ2v) is 5.65. The van der Waals surface area contributed by atoms with Gasteiger partial charge in [-0.15, -0.1) is 0 Å². The summed E-state index contributed by atoms with van der Waals surface area (Å²) in [5, 5.41) is 7.12. The summed E-state index contributed by atoms with van der Waals surface area (Å²) in [5.74, 6) is 2.01. The van der Waals surface area contributed by atoms with Crippen LogP contribution in [0.2, 0.25) is 0 Å². The van der Waals surface area contributed by atoms with E-state index in [-0.39, 0.29) is 23.6 Å². The molecule has 25 heavy (non-hydrogen) atoms. The van der Waals surface area contributed by atoms with Crippen molar-refractivity contribution in [3.05, 3.63) is 12.2 Å². The smallest absolute Gasteiger partial charge is 0.475 e. The van der Waals surface area contributed by atoms with E-state index in [9.17, 15) is 27.6 Å². The van der Waals surface area contributed by atoms with Crippen LogP contribution in [-0.2, 0) is 19.2 Å². The molecule has 0 atom stereocenters. The van der Waals surface area contributed by atoms with Gasteiger partial charge in [0, 0.05) is 24.6 Å². The fourth-order valence-electron chi connectivity index (χ4n) is 2.59. The van der Waals surface area contributed by atoms with E-state index in [0.29, 0.717) is 12.5 Å². The Morgan fingerprint density at radius 2 is 1.60 bits per heavy atom. The lowest BCUT2D eigenvalue weighted by molar-refractivity contribution is -0.192. The lowest BCUT2D eigenvalue weighted by Gasteiger charge is -2.29. The molecular formula is C14H18F3N3O5. The summed E-state index contributed by atoms with van der Waals surface area (Å²) in [6.45, 7) is 0.460. The number of carbonyl (C=O) groups excluding carboxylic acids is 3. The number of carboxylic acid groups (broad SMARTS) is 1. The van der Waals surface area contributed by atoms with Crippen molar-refractivity contribution in [3.63, 3.8) is 0 Å². The van der Waals surface area contributed by atoms with E-state index in [1.807, 2.05) is 0 Å². The Labute approximate surface area is 140 Å². The highest BCUT2D eigenvalue weighted by atomic mass is 19.4. The molecule has 0 aromatic heterocycles. The maximum Gasteiger partial charge on any atom is 0.490 e. The molecule has 2 aliphatic rings. The second-order valence-electron chi connectivity index (χ2n) is 5.65. The van der Waals surface area contributed by atoms with Crippen LogP contribution < -0.4 is 11.3 Å². The van der Waals surface area contributed by atoms with Crippen molar-refractivity contribution < 1.29 is 37.5 Å². The van der Waals surface area contributed by atoms with Crippen LogP contribution in [0.25, 0.3) is 0 Å². The van der Waals surface area contributed by atoms with Crippen molar-refractivity contribution >= 4 is 23.7 Å². The van der Waals surface area contributed by atoms with Gasteiger partial charge in [-0.25, -0.2) is 10.6 Å². The Morgan fingerprint density at radius 1 is 1.16 bits per heavy atom. The molecule has 2 rings (SSSR count). The predicted molar refractivity (Wildman–Crippen MR) is 77.3 cm³/mol. The first-order valence-electron chi connectivity index (χ1n) is 7.40. The maximum atomic E-state index is 11.4. The maximum absolute atomic E-state index is 11.4. The Kier molecular flexibility index (Phi) is 7.09. The number of nitrogens with one attached hydrogen (secondary N) is 1. The standard InChI is InChI=1S/C12H17N3O3.C2HF3O2/c13-14-12(18)9-3-1-8(2-4-9)7-15-10(16)5-6-11(15)17;3-2(4,5)1(6)7/h5-6,8-9H,1-4,7,13H2,(H,14,18);(H,6,7). The molecule has 0 unspecified atom stereocenters. The van der Waals surface area contributed by atoms with Gasteiger partial charge in [0.05, 0.1) is 0 Å². The van der Waals surface area contributed by atoms with Gasteiger partial charge in [-0.2, -0.15) is 13.2 Å². The minimum atomic E-state index is -5.08. The fraction of sp³-hybridized carbons (Fsp3) is 0.571. The van der Waals surface area contributed by atoms with Crippen LogP contribution in [-0.4, -0.2) is 46.4 Å². The fourth-order valence-corrected chi connectivity index (χ4v) is 2.59. The zero-order valence-electron chi connectivity index (χ0n) is 13.1. The molecule has 140 valence electrons.